The first kappa shape index (κ1) is 30.5. The van der Waals surface area contributed by atoms with Crippen LogP contribution in [0.15, 0.2) is 99.6 Å². The largest absolute Gasteiger partial charge is 0.295 e. The van der Waals surface area contributed by atoms with E-state index in [1.807, 2.05) is 0 Å². The molecular formula is C27H26N4O8S3. The van der Waals surface area contributed by atoms with E-state index in [1.54, 1.807) is 51.1 Å². The van der Waals surface area contributed by atoms with E-state index >= 15 is 0 Å². The lowest BCUT2D eigenvalue weighted by molar-refractivity contribution is -0.383. The molecule has 12 nitrogen and oxygen atoms in total. The van der Waals surface area contributed by atoms with Crippen molar-refractivity contribution < 1.29 is 30.2 Å². The second kappa shape index (κ2) is 11.4. The van der Waals surface area contributed by atoms with Crippen LogP contribution in [0.25, 0.3) is 0 Å². The summed E-state index contributed by atoms with van der Waals surface area (Å²) in [6.07, 6.45) is 0. The van der Waals surface area contributed by atoms with E-state index < -0.39 is 57.7 Å². The van der Waals surface area contributed by atoms with Gasteiger partial charge in [-0.3, -0.25) is 24.3 Å². The number of anilines is 3. The molecule has 4 aromatic carbocycles. The van der Waals surface area contributed by atoms with Gasteiger partial charge in [-0.25, -0.2) is 25.3 Å². The summed E-state index contributed by atoms with van der Waals surface area (Å²) >= 11 is 0. The van der Waals surface area contributed by atoms with Gasteiger partial charge in [-0.05, 0) is 68.8 Å². The molecular weight excluding hydrogens is 605 g/mol. The van der Waals surface area contributed by atoms with Gasteiger partial charge in [0.25, 0.3) is 35.8 Å². The Balaban J connectivity index is 1.87. The molecule has 0 aliphatic heterocycles. The third kappa shape index (κ3) is 6.87. The standard InChI is InChI=1S/C27H26N4O8S3/c1-18-7-11-21(12-8-18)40(34,35)28-24-16-26(30-42(38,39)23-6-4-5-20(3)15-23)27(31(32)33)17-25(24)29-41(36,37)22-13-9-19(2)10-14-22/h4-17,28-30H,1-3H3. The molecule has 0 saturated heterocycles. The van der Waals surface area contributed by atoms with Crippen LogP contribution in [0.1, 0.15) is 16.7 Å². The van der Waals surface area contributed by atoms with Gasteiger partial charge < -0.3 is 0 Å². The van der Waals surface area contributed by atoms with Crippen LogP contribution in [-0.4, -0.2) is 30.2 Å². The third-order valence-electron chi connectivity index (χ3n) is 6.03. The number of hydrogen-bond donors (Lipinski definition) is 3. The first-order valence-corrected chi connectivity index (χ1v) is 16.6. The number of nitro groups is 1. The zero-order valence-electron chi connectivity index (χ0n) is 22.5. The minimum absolute atomic E-state index is 0.180. The number of sulfonamides is 3. The molecule has 42 heavy (non-hydrogen) atoms. The van der Waals surface area contributed by atoms with Crippen molar-refractivity contribution in [2.24, 2.45) is 0 Å². The van der Waals surface area contributed by atoms with Crippen molar-refractivity contribution >= 4 is 52.8 Å². The number of rotatable bonds is 10. The predicted molar refractivity (Wildman–Crippen MR) is 159 cm³/mol. The Labute approximate surface area is 243 Å². The van der Waals surface area contributed by atoms with Crippen molar-refractivity contribution in [3.63, 3.8) is 0 Å². The molecule has 0 unspecified atom stereocenters. The summed E-state index contributed by atoms with van der Waals surface area (Å²) in [5, 5.41) is 12.0. The smallest absolute Gasteiger partial charge is 0.277 e. The van der Waals surface area contributed by atoms with E-state index in [-0.39, 0.29) is 14.7 Å². The highest BCUT2D eigenvalue weighted by molar-refractivity contribution is 7.93. The second-order valence-electron chi connectivity index (χ2n) is 9.43. The van der Waals surface area contributed by atoms with Crippen molar-refractivity contribution in [1.82, 2.24) is 0 Å². The summed E-state index contributed by atoms with van der Waals surface area (Å²) in [6.45, 7) is 5.17. The zero-order valence-corrected chi connectivity index (χ0v) is 25.0. The molecule has 0 fully saturated rings. The van der Waals surface area contributed by atoms with E-state index in [0.717, 1.165) is 23.3 Å². The summed E-state index contributed by atoms with van der Waals surface area (Å²) in [7, 11) is -13.1. The van der Waals surface area contributed by atoms with E-state index in [1.165, 1.54) is 42.5 Å². The molecule has 0 atom stereocenters. The van der Waals surface area contributed by atoms with E-state index in [2.05, 4.69) is 14.2 Å². The maximum Gasteiger partial charge on any atom is 0.295 e. The number of nitro benzene ring substituents is 1. The van der Waals surface area contributed by atoms with Gasteiger partial charge in [0.05, 0.1) is 31.0 Å². The van der Waals surface area contributed by atoms with E-state index in [4.69, 9.17) is 0 Å². The Morgan fingerprint density at radius 1 is 0.524 bits per heavy atom. The summed E-state index contributed by atoms with van der Waals surface area (Å²) in [4.78, 5) is 10.5. The number of nitrogens with one attached hydrogen (secondary N) is 3. The van der Waals surface area contributed by atoms with Crippen molar-refractivity contribution in [3.05, 3.63) is 112 Å². The lowest BCUT2D eigenvalue weighted by Crippen LogP contribution is -2.19. The van der Waals surface area contributed by atoms with Crippen LogP contribution in [-0.2, 0) is 30.1 Å². The number of nitrogens with zero attached hydrogens (tertiary/aromatic N) is 1. The lowest BCUT2D eigenvalue weighted by atomic mass is 10.2. The molecule has 0 spiro atoms. The average Bonchev–Trinajstić information content (AvgIpc) is 2.90. The Morgan fingerprint density at radius 2 is 0.952 bits per heavy atom. The highest BCUT2D eigenvalue weighted by atomic mass is 32.2. The van der Waals surface area contributed by atoms with Crippen molar-refractivity contribution in [2.45, 2.75) is 35.5 Å². The predicted octanol–water partition coefficient (Wildman–Crippen LogP) is 4.92. The molecule has 0 bridgehead atoms. The Hall–Kier alpha value is -4.47. The van der Waals surface area contributed by atoms with Gasteiger partial charge in [0.1, 0.15) is 5.69 Å². The van der Waals surface area contributed by atoms with Crippen molar-refractivity contribution in [3.8, 4) is 0 Å². The van der Waals surface area contributed by atoms with E-state index in [9.17, 15) is 35.4 Å². The van der Waals surface area contributed by atoms with Gasteiger partial charge in [0, 0.05) is 6.07 Å². The number of aryl methyl sites for hydroxylation is 3. The van der Waals surface area contributed by atoms with Crippen LogP contribution in [0.3, 0.4) is 0 Å². The van der Waals surface area contributed by atoms with Gasteiger partial charge in [0.15, 0.2) is 0 Å². The zero-order chi connectivity index (χ0) is 30.9. The normalized spacial score (nSPS) is 12.0. The summed E-state index contributed by atoms with van der Waals surface area (Å²) in [5.74, 6) is 0. The molecule has 0 heterocycles. The topological polar surface area (TPSA) is 182 Å². The average molecular weight is 631 g/mol. The number of benzene rings is 4. The van der Waals surface area contributed by atoms with Crippen LogP contribution in [0.5, 0.6) is 0 Å². The minimum atomic E-state index is -4.37. The SMILES string of the molecule is Cc1ccc(S(=O)(=O)Nc2cc(NS(=O)(=O)c3cccc(C)c3)c([N+](=O)[O-])cc2NS(=O)(=O)c2ccc(C)cc2)cc1. The fraction of sp³-hybridized carbons (Fsp3) is 0.111. The van der Waals surface area contributed by atoms with Crippen LogP contribution in [0, 0.1) is 30.9 Å². The summed E-state index contributed by atoms with van der Waals surface area (Å²) in [6, 6.07) is 18.8. The van der Waals surface area contributed by atoms with Crippen LogP contribution in [0.2, 0.25) is 0 Å². The second-order valence-corrected chi connectivity index (χ2v) is 14.5. The quantitative estimate of drug-likeness (QED) is 0.163. The Morgan fingerprint density at radius 3 is 1.40 bits per heavy atom. The maximum atomic E-state index is 13.3. The van der Waals surface area contributed by atoms with E-state index in [0.29, 0.717) is 5.56 Å². The highest BCUT2D eigenvalue weighted by Crippen LogP contribution is 2.38. The molecule has 0 aliphatic carbocycles. The molecule has 15 heteroatoms. The first-order chi connectivity index (χ1) is 19.6. The summed E-state index contributed by atoms with van der Waals surface area (Å²) < 4.78 is 85.7. The molecule has 0 amide bonds. The van der Waals surface area contributed by atoms with Gasteiger partial charge in [-0.1, -0.05) is 47.5 Å². The molecule has 220 valence electrons. The Bertz CT molecular complexity index is 1990. The molecule has 0 aliphatic rings. The molecule has 0 saturated carbocycles. The first-order valence-electron chi connectivity index (χ1n) is 12.2. The molecule has 0 aromatic heterocycles. The fourth-order valence-corrected chi connectivity index (χ4v) is 7.13. The fourth-order valence-electron chi connectivity index (χ4n) is 3.82. The molecule has 3 N–H and O–H groups in total. The molecule has 4 rings (SSSR count). The lowest BCUT2D eigenvalue weighted by Gasteiger charge is -2.17. The number of hydrogen-bond acceptors (Lipinski definition) is 8. The van der Waals surface area contributed by atoms with Gasteiger partial charge in [-0.2, -0.15) is 0 Å². The maximum absolute atomic E-state index is 13.3. The van der Waals surface area contributed by atoms with Gasteiger partial charge in [-0.15, -0.1) is 0 Å². The van der Waals surface area contributed by atoms with Crippen molar-refractivity contribution in [2.75, 3.05) is 14.2 Å². The molecule has 4 aromatic rings. The van der Waals surface area contributed by atoms with Crippen LogP contribution in [0.4, 0.5) is 22.7 Å². The minimum Gasteiger partial charge on any atom is -0.277 e. The van der Waals surface area contributed by atoms with Crippen molar-refractivity contribution in [1.29, 1.82) is 0 Å². The van der Waals surface area contributed by atoms with Gasteiger partial charge in [0.2, 0.25) is 0 Å². The van der Waals surface area contributed by atoms with Crippen LogP contribution < -0.4 is 14.2 Å². The third-order valence-corrected chi connectivity index (χ3v) is 10.2. The van der Waals surface area contributed by atoms with Crippen LogP contribution >= 0.6 is 0 Å². The molecule has 0 radical (unpaired) electrons. The Kier molecular flexibility index (Phi) is 8.29. The van der Waals surface area contributed by atoms with Gasteiger partial charge >= 0.3 is 0 Å². The highest BCUT2D eigenvalue weighted by Gasteiger charge is 2.28. The summed E-state index contributed by atoms with van der Waals surface area (Å²) in [5.41, 5.74) is -0.215. The monoisotopic (exact) mass is 630 g/mol.